The molecule has 0 heterocycles. The molecule has 1 aromatic rings. The SMILES string of the molecule is CC(CCl)S(=O)(=O)c1cc(F)cc(F)c1[N+](=O)[O-]. The summed E-state index contributed by atoms with van der Waals surface area (Å²) >= 11 is 5.36. The van der Waals surface area contributed by atoms with E-state index in [9.17, 15) is 27.3 Å². The van der Waals surface area contributed by atoms with Gasteiger partial charge in [0.2, 0.25) is 5.82 Å². The van der Waals surface area contributed by atoms with Gasteiger partial charge in [-0.3, -0.25) is 10.1 Å². The average molecular weight is 300 g/mol. The van der Waals surface area contributed by atoms with Gasteiger partial charge in [0.25, 0.3) is 0 Å². The number of hydrogen-bond donors (Lipinski definition) is 0. The van der Waals surface area contributed by atoms with Crippen molar-refractivity contribution in [3.05, 3.63) is 33.9 Å². The number of nitro groups is 1. The molecule has 0 saturated carbocycles. The molecule has 100 valence electrons. The van der Waals surface area contributed by atoms with Crippen molar-refractivity contribution in [3.8, 4) is 0 Å². The first kappa shape index (κ1) is 14.8. The smallest absolute Gasteiger partial charge is 0.258 e. The molecule has 0 aromatic heterocycles. The zero-order valence-electron chi connectivity index (χ0n) is 9.06. The Morgan fingerprint density at radius 2 is 2.00 bits per heavy atom. The van der Waals surface area contributed by atoms with Crippen LogP contribution in [0.1, 0.15) is 6.92 Å². The van der Waals surface area contributed by atoms with E-state index in [1.165, 1.54) is 6.92 Å². The van der Waals surface area contributed by atoms with E-state index < -0.39 is 42.2 Å². The first-order chi connectivity index (χ1) is 8.21. The van der Waals surface area contributed by atoms with Crippen molar-refractivity contribution in [2.75, 3.05) is 5.88 Å². The third-order valence-electron chi connectivity index (χ3n) is 2.23. The molecule has 1 rings (SSSR count). The van der Waals surface area contributed by atoms with Crippen LogP contribution in [0.25, 0.3) is 0 Å². The topological polar surface area (TPSA) is 77.3 Å². The van der Waals surface area contributed by atoms with Crippen molar-refractivity contribution < 1.29 is 22.1 Å². The molecule has 0 N–H and O–H groups in total. The lowest BCUT2D eigenvalue weighted by Gasteiger charge is -2.10. The van der Waals surface area contributed by atoms with Crippen molar-refractivity contribution in [1.82, 2.24) is 0 Å². The third kappa shape index (κ3) is 2.59. The molecule has 18 heavy (non-hydrogen) atoms. The predicted octanol–water partition coefficient (Wildman–Crippen LogP) is 2.27. The van der Waals surface area contributed by atoms with E-state index in [4.69, 9.17) is 11.6 Å². The average Bonchev–Trinajstić information content (AvgIpc) is 2.25. The third-order valence-corrected chi connectivity index (χ3v) is 5.03. The Labute approximate surface area is 106 Å². The fraction of sp³-hybridized carbons (Fsp3) is 0.333. The van der Waals surface area contributed by atoms with E-state index in [0.717, 1.165) is 0 Å². The molecular formula is C9H8ClF2NO4S. The van der Waals surface area contributed by atoms with Gasteiger partial charge < -0.3 is 0 Å². The van der Waals surface area contributed by atoms with Gasteiger partial charge in [0.1, 0.15) is 5.82 Å². The highest BCUT2D eigenvalue weighted by Gasteiger charge is 2.34. The van der Waals surface area contributed by atoms with Crippen LogP contribution in [0.15, 0.2) is 17.0 Å². The Balaban J connectivity index is 3.64. The second-order valence-corrected chi connectivity index (χ2v) is 6.14. The van der Waals surface area contributed by atoms with Gasteiger partial charge in [0.05, 0.1) is 10.2 Å². The molecule has 9 heteroatoms. The lowest BCUT2D eigenvalue weighted by molar-refractivity contribution is -0.390. The van der Waals surface area contributed by atoms with Crippen molar-refractivity contribution in [2.24, 2.45) is 0 Å². The minimum Gasteiger partial charge on any atom is -0.258 e. The molecule has 1 atom stereocenters. The quantitative estimate of drug-likeness (QED) is 0.485. The van der Waals surface area contributed by atoms with Gasteiger partial charge in [0, 0.05) is 11.9 Å². The number of halogens is 3. The van der Waals surface area contributed by atoms with Gasteiger partial charge in [-0.15, -0.1) is 11.6 Å². The molecule has 0 saturated heterocycles. The highest BCUT2D eigenvalue weighted by atomic mass is 35.5. The van der Waals surface area contributed by atoms with Crippen molar-refractivity contribution in [3.63, 3.8) is 0 Å². The van der Waals surface area contributed by atoms with Crippen LogP contribution in [-0.4, -0.2) is 24.5 Å². The molecule has 5 nitrogen and oxygen atoms in total. The minimum absolute atomic E-state index is 0.252. The Bertz CT molecular complexity index is 590. The van der Waals surface area contributed by atoms with E-state index in [1.54, 1.807) is 0 Å². The van der Waals surface area contributed by atoms with Gasteiger partial charge in [-0.05, 0) is 13.0 Å². The predicted molar refractivity (Wildman–Crippen MR) is 60.4 cm³/mol. The van der Waals surface area contributed by atoms with Crippen LogP contribution in [0.4, 0.5) is 14.5 Å². The lowest BCUT2D eigenvalue weighted by Crippen LogP contribution is -2.21. The Kier molecular flexibility index (Phi) is 4.23. The van der Waals surface area contributed by atoms with Crippen molar-refractivity contribution in [1.29, 1.82) is 0 Å². The van der Waals surface area contributed by atoms with E-state index in [1.807, 2.05) is 0 Å². The van der Waals surface area contributed by atoms with Gasteiger partial charge in [-0.25, -0.2) is 12.8 Å². The van der Waals surface area contributed by atoms with Gasteiger partial charge in [-0.2, -0.15) is 4.39 Å². The summed E-state index contributed by atoms with van der Waals surface area (Å²) in [5, 5.41) is 9.46. The van der Waals surface area contributed by atoms with E-state index in [0.29, 0.717) is 6.07 Å². The van der Waals surface area contributed by atoms with Crippen LogP contribution in [0.5, 0.6) is 0 Å². The number of alkyl halides is 1. The summed E-state index contributed by atoms with van der Waals surface area (Å²) in [5.41, 5.74) is -1.27. The normalized spacial score (nSPS) is 13.3. The molecule has 1 unspecified atom stereocenters. The molecule has 0 fully saturated rings. The molecule has 0 aliphatic rings. The lowest BCUT2D eigenvalue weighted by atomic mass is 10.3. The van der Waals surface area contributed by atoms with E-state index >= 15 is 0 Å². The van der Waals surface area contributed by atoms with Crippen LogP contribution in [-0.2, 0) is 9.84 Å². The zero-order valence-corrected chi connectivity index (χ0v) is 10.6. The molecule has 0 amide bonds. The maximum atomic E-state index is 13.3. The monoisotopic (exact) mass is 299 g/mol. The summed E-state index contributed by atoms with van der Waals surface area (Å²) in [7, 11) is -4.26. The largest absolute Gasteiger partial charge is 0.323 e. The Morgan fingerprint density at radius 1 is 1.44 bits per heavy atom. The molecule has 0 radical (unpaired) electrons. The van der Waals surface area contributed by atoms with Crippen LogP contribution in [0.2, 0.25) is 0 Å². The second-order valence-electron chi connectivity index (χ2n) is 3.50. The van der Waals surface area contributed by atoms with Gasteiger partial charge >= 0.3 is 5.69 Å². The molecule has 0 aliphatic carbocycles. The van der Waals surface area contributed by atoms with Crippen LogP contribution >= 0.6 is 11.6 Å². The maximum absolute atomic E-state index is 13.3. The number of hydrogen-bond acceptors (Lipinski definition) is 4. The summed E-state index contributed by atoms with van der Waals surface area (Å²) < 4.78 is 50.0. The number of rotatable bonds is 4. The number of benzene rings is 1. The number of nitrogens with zero attached hydrogens (tertiary/aromatic N) is 1. The molecule has 1 aromatic carbocycles. The number of nitro benzene ring substituents is 1. The molecule has 0 bridgehead atoms. The van der Waals surface area contributed by atoms with Crippen LogP contribution in [0, 0.1) is 21.7 Å². The first-order valence-corrected chi connectivity index (χ1v) is 6.73. The second kappa shape index (κ2) is 5.15. The molecular weight excluding hydrogens is 292 g/mol. The first-order valence-electron chi connectivity index (χ1n) is 4.65. The van der Waals surface area contributed by atoms with Gasteiger partial charge in [0.15, 0.2) is 14.7 Å². The van der Waals surface area contributed by atoms with Crippen molar-refractivity contribution in [2.45, 2.75) is 17.1 Å². The minimum atomic E-state index is -4.26. The summed E-state index contributed by atoms with van der Waals surface area (Å²) in [6.07, 6.45) is 0. The molecule has 0 aliphatic heterocycles. The van der Waals surface area contributed by atoms with E-state index in [2.05, 4.69) is 0 Å². The van der Waals surface area contributed by atoms with E-state index in [-0.39, 0.29) is 11.9 Å². The Morgan fingerprint density at radius 3 is 2.44 bits per heavy atom. The Hall–Kier alpha value is -1.28. The maximum Gasteiger partial charge on any atom is 0.323 e. The molecule has 0 spiro atoms. The highest BCUT2D eigenvalue weighted by molar-refractivity contribution is 7.92. The number of sulfone groups is 1. The van der Waals surface area contributed by atoms with Crippen molar-refractivity contribution >= 4 is 27.1 Å². The summed E-state index contributed by atoms with van der Waals surface area (Å²) in [4.78, 5) is 8.45. The fourth-order valence-electron chi connectivity index (χ4n) is 1.24. The zero-order chi connectivity index (χ0) is 14.1. The standard InChI is InChI=1S/C9H8ClF2NO4S/c1-5(4-10)18(16,17)8-3-6(11)2-7(12)9(8)13(14)15/h2-3,5H,4H2,1H3. The fourth-order valence-corrected chi connectivity index (χ4v) is 3.05. The van der Waals surface area contributed by atoms with Crippen LogP contribution in [0.3, 0.4) is 0 Å². The van der Waals surface area contributed by atoms with Crippen LogP contribution < -0.4 is 0 Å². The van der Waals surface area contributed by atoms with Gasteiger partial charge in [-0.1, -0.05) is 0 Å². The summed E-state index contributed by atoms with van der Waals surface area (Å²) in [6.45, 7) is 1.19. The summed E-state index contributed by atoms with van der Waals surface area (Å²) in [6, 6.07) is 0.669. The highest BCUT2D eigenvalue weighted by Crippen LogP contribution is 2.30. The summed E-state index contributed by atoms with van der Waals surface area (Å²) in [5.74, 6) is -3.10.